The summed E-state index contributed by atoms with van der Waals surface area (Å²) in [6.07, 6.45) is 1.97. The molecule has 0 aromatic carbocycles. The number of likely N-dealkylation sites (tertiary alicyclic amines) is 1. The van der Waals surface area contributed by atoms with E-state index in [1.807, 2.05) is 0 Å². The molecule has 1 heterocycles. The van der Waals surface area contributed by atoms with Crippen LogP contribution >= 0.6 is 0 Å². The lowest BCUT2D eigenvalue weighted by molar-refractivity contribution is -0.137. The summed E-state index contributed by atoms with van der Waals surface area (Å²) < 4.78 is 0. The van der Waals surface area contributed by atoms with Gasteiger partial charge in [0.05, 0.1) is 6.54 Å². The highest BCUT2D eigenvalue weighted by Gasteiger charge is 2.24. The molecule has 1 aliphatic rings. The number of nitrogens with zero attached hydrogens (tertiary/aromatic N) is 2. The molecule has 0 saturated carbocycles. The Hall–Kier alpha value is -1.10. The number of aliphatic carboxylic acids is 1. The summed E-state index contributed by atoms with van der Waals surface area (Å²) in [5.74, 6) is -0.187. The van der Waals surface area contributed by atoms with Crippen molar-refractivity contribution >= 4 is 11.9 Å². The van der Waals surface area contributed by atoms with Gasteiger partial charge in [-0.1, -0.05) is 0 Å². The first-order valence-corrected chi connectivity index (χ1v) is 5.63. The molecule has 1 atom stereocenters. The molecule has 0 spiro atoms. The number of carbonyl (C=O) groups excluding carboxylic acids is 1. The van der Waals surface area contributed by atoms with E-state index in [0.29, 0.717) is 12.5 Å². The van der Waals surface area contributed by atoms with Crippen LogP contribution in [0, 0.1) is 5.92 Å². The Morgan fingerprint density at radius 2 is 2.12 bits per heavy atom. The van der Waals surface area contributed by atoms with Crippen LogP contribution in [0.3, 0.4) is 0 Å². The van der Waals surface area contributed by atoms with Gasteiger partial charge in [0.15, 0.2) is 0 Å². The van der Waals surface area contributed by atoms with Crippen molar-refractivity contribution in [2.24, 2.45) is 5.92 Å². The lowest BCUT2D eigenvalue weighted by atomic mass is 10.0. The molecule has 0 aromatic heterocycles. The first kappa shape index (κ1) is 13.0. The summed E-state index contributed by atoms with van der Waals surface area (Å²) >= 11 is 0. The zero-order chi connectivity index (χ0) is 12.1. The van der Waals surface area contributed by atoms with Gasteiger partial charge in [-0.05, 0) is 25.3 Å². The minimum atomic E-state index is -0.734. The van der Waals surface area contributed by atoms with Crippen LogP contribution in [0.5, 0.6) is 0 Å². The quantitative estimate of drug-likeness (QED) is 0.733. The van der Waals surface area contributed by atoms with E-state index in [4.69, 9.17) is 5.11 Å². The monoisotopic (exact) mass is 228 g/mol. The average molecular weight is 228 g/mol. The summed E-state index contributed by atoms with van der Waals surface area (Å²) in [5, 5.41) is 8.58. The molecule has 0 radical (unpaired) electrons. The SMILES string of the molecule is CN(C)C(=O)CN1CCC(CCC(=O)O)C1. The molecule has 1 unspecified atom stereocenters. The molecule has 1 aliphatic heterocycles. The Morgan fingerprint density at radius 1 is 1.44 bits per heavy atom. The highest BCUT2D eigenvalue weighted by molar-refractivity contribution is 5.77. The molecule has 1 rings (SSSR count). The van der Waals surface area contributed by atoms with Crippen LogP contribution in [0.1, 0.15) is 19.3 Å². The molecule has 0 aromatic rings. The molecule has 5 heteroatoms. The Kier molecular flexibility index (Phi) is 4.73. The summed E-state index contributed by atoms with van der Waals surface area (Å²) in [4.78, 5) is 25.6. The molecule has 92 valence electrons. The molecule has 1 fully saturated rings. The molecular weight excluding hydrogens is 208 g/mol. The predicted octanol–water partition coefficient (Wildman–Crippen LogP) is 0.261. The van der Waals surface area contributed by atoms with Crippen LogP contribution in [0.2, 0.25) is 0 Å². The molecular formula is C11H20N2O3. The van der Waals surface area contributed by atoms with Gasteiger partial charge in [0.2, 0.25) is 5.91 Å². The molecule has 5 nitrogen and oxygen atoms in total. The van der Waals surface area contributed by atoms with E-state index in [1.165, 1.54) is 0 Å². The van der Waals surface area contributed by atoms with E-state index in [2.05, 4.69) is 4.90 Å². The second kappa shape index (κ2) is 5.84. The molecule has 0 bridgehead atoms. The van der Waals surface area contributed by atoms with Crippen molar-refractivity contribution in [2.45, 2.75) is 19.3 Å². The number of carboxylic acid groups (broad SMARTS) is 1. The van der Waals surface area contributed by atoms with E-state index < -0.39 is 5.97 Å². The largest absolute Gasteiger partial charge is 0.481 e. The summed E-state index contributed by atoms with van der Waals surface area (Å²) in [6.45, 7) is 2.22. The molecule has 1 N–H and O–H groups in total. The summed E-state index contributed by atoms with van der Waals surface area (Å²) in [5.41, 5.74) is 0. The summed E-state index contributed by atoms with van der Waals surface area (Å²) in [7, 11) is 3.50. The topological polar surface area (TPSA) is 60.9 Å². The van der Waals surface area contributed by atoms with Gasteiger partial charge in [-0.15, -0.1) is 0 Å². The molecule has 16 heavy (non-hydrogen) atoms. The zero-order valence-electron chi connectivity index (χ0n) is 9.98. The molecule has 1 saturated heterocycles. The van der Waals surface area contributed by atoms with E-state index >= 15 is 0 Å². The maximum Gasteiger partial charge on any atom is 0.303 e. The average Bonchev–Trinajstić information content (AvgIpc) is 2.62. The smallest absolute Gasteiger partial charge is 0.303 e. The van der Waals surface area contributed by atoms with Gasteiger partial charge >= 0.3 is 5.97 Å². The third-order valence-corrected chi connectivity index (χ3v) is 2.99. The summed E-state index contributed by atoms with van der Waals surface area (Å²) in [6, 6.07) is 0. The first-order chi connectivity index (χ1) is 7.49. The Morgan fingerprint density at radius 3 is 2.69 bits per heavy atom. The highest BCUT2D eigenvalue weighted by atomic mass is 16.4. The van der Waals surface area contributed by atoms with Crippen molar-refractivity contribution < 1.29 is 14.7 Å². The Labute approximate surface area is 96.0 Å². The van der Waals surface area contributed by atoms with E-state index in [-0.39, 0.29) is 12.3 Å². The molecule has 1 amide bonds. The van der Waals surface area contributed by atoms with Crippen LogP contribution in [0.15, 0.2) is 0 Å². The standard InChI is InChI=1S/C11H20N2O3/c1-12(2)10(14)8-13-6-5-9(7-13)3-4-11(15)16/h9H,3-8H2,1-2H3,(H,15,16). The minimum Gasteiger partial charge on any atom is -0.481 e. The van der Waals surface area contributed by atoms with Gasteiger partial charge in [-0.25, -0.2) is 0 Å². The fourth-order valence-electron chi connectivity index (χ4n) is 1.95. The van der Waals surface area contributed by atoms with Crippen LogP contribution in [0.25, 0.3) is 0 Å². The van der Waals surface area contributed by atoms with Gasteiger partial charge in [-0.3, -0.25) is 14.5 Å². The highest BCUT2D eigenvalue weighted by Crippen LogP contribution is 2.20. The van der Waals surface area contributed by atoms with Crippen molar-refractivity contribution in [1.29, 1.82) is 0 Å². The zero-order valence-corrected chi connectivity index (χ0v) is 9.98. The van der Waals surface area contributed by atoms with Crippen LogP contribution < -0.4 is 0 Å². The fraction of sp³-hybridized carbons (Fsp3) is 0.818. The normalized spacial score (nSPS) is 21.0. The van der Waals surface area contributed by atoms with Crippen molar-refractivity contribution in [3.8, 4) is 0 Å². The van der Waals surface area contributed by atoms with Crippen molar-refractivity contribution in [3.63, 3.8) is 0 Å². The van der Waals surface area contributed by atoms with Gasteiger partial charge < -0.3 is 10.0 Å². The van der Waals surface area contributed by atoms with Gasteiger partial charge in [0, 0.05) is 27.1 Å². The maximum atomic E-state index is 11.5. The van der Waals surface area contributed by atoms with Crippen molar-refractivity contribution in [3.05, 3.63) is 0 Å². The van der Waals surface area contributed by atoms with Gasteiger partial charge in [0.1, 0.15) is 0 Å². The second-order valence-electron chi connectivity index (χ2n) is 4.61. The lowest BCUT2D eigenvalue weighted by Gasteiger charge is -2.18. The third-order valence-electron chi connectivity index (χ3n) is 2.99. The number of likely N-dealkylation sites (N-methyl/N-ethyl adjacent to an activating group) is 1. The predicted molar refractivity (Wildman–Crippen MR) is 60.1 cm³/mol. The number of carbonyl (C=O) groups is 2. The Bertz CT molecular complexity index is 266. The minimum absolute atomic E-state index is 0.110. The van der Waals surface area contributed by atoms with E-state index in [9.17, 15) is 9.59 Å². The van der Waals surface area contributed by atoms with Gasteiger partial charge in [0.25, 0.3) is 0 Å². The van der Waals surface area contributed by atoms with Crippen molar-refractivity contribution in [1.82, 2.24) is 9.80 Å². The maximum absolute atomic E-state index is 11.5. The van der Waals surface area contributed by atoms with Crippen LogP contribution in [-0.2, 0) is 9.59 Å². The number of hydrogen-bond acceptors (Lipinski definition) is 3. The van der Waals surface area contributed by atoms with Crippen LogP contribution in [0.4, 0.5) is 0 Å². The number of carboxylic acids is 1. The lowest BCUT2D eigenvalue weighted by Crippen LogP contribution is -2.35. The van der Waals surface area contributed by atoms with E-state index in [1.54, 1.807) is 19.0 Å². The van der Waals surface area contributed by atoms with Gasteiger partial charge in [-0.2, -0.15) is 0 Å². The van der Waals surface area contributed by atoms with Crippen molar-refractivity contribution in [2.75, 3.05) is 33.7 Å². The van der Waals surface area contributed by atoms with E-state index in [0.717, 1.165) is 25.9 Å². The number of rotatable bonds is 5. The number of amides is 1. The second-order valence-corrected chi connectivity index (χ2v) is 4.61. The third kappa shape index (κ3) is 4.18. The Balaban J connectivity index is 2.24. The molecule has 0 aliphatic carbocycles. The first-order valence-electron chi connectivity index (χ1n) is 5.63. The van der Waals surface area contributed by atoms with Crippen LogP contribution in [-0.4, -0.2) is 60.5 Å². The fourth-order valence-corrected chi connectivity index (χ4v) is 1.95. The number of hydrogen-bond donors (Lipinski definition) is 1.